The molecule has 2 aliphatic heterocycles. The van der Waals surface area contributed by atoms with Crippen molar-refractivity contribution in [3.8, 4) is 11.3 Å². The molecule has 164 valence electrons. The van der Waals surface area contributed by atoms with Gasteiger partial charge >= 0.3 is 0 Å². The number of anilines is 1. The molecule has 4 aromatic rings. The van der Waals surface area contributed by atoms with Gasteiger partial charge in [-0.3, -0.25) is 14.8 Å². The van der Waals surface area contributed by atoms with Crippen molar-refractivity contribution >= 4 is 27.8 Å². The molecule has 0 unspecified atom stereocenters. The van der Waals surface area contributed by atoms with Crippen LogP contribution in [0.1, 0.15) is 13.8 Å². The Morgan fingerprint density at radius 3 is 2.56 bits per heavy atom. The molecule has 0 saturated carbocycles. The lowest BCUT2D eigenvalue weighted by Gasteiger charge is -2.49. The van der Waals surface area contributed by atoms with Crippen molar-refractivity contribution in [1.82, 2.24) is 24.8 Å². The van der Waals surface area contributed by atoms with E-state index in [1.807, 2.05) is 36.5 Å². The van der Waals surface area contributed by atoms with Crippen molar-refractivity contribution in [1.29, 1.82) is 0 Å². The van der Waals surface area contributed by atoms with Crippen LogP contribution in [0.2, 0.25) is 0 Å². The summed E-state index contributed by atoms with van der Waals surface area (Å²) in [5.74, 6) is 0. The Kier molecular flexibility index (Phi) is 4.81. The second-order valence-electron chi connectivity index (χ2n) is 9.19. The average Bonchev–Trinajstić information content (AvgIpc) is 3.26. The Morgan fingerprint density at radius 2 is 1.75 bits per heavy atom. The summed E-state index contributed by atoms with van der Waals surface area (Å²) in [6.07, 6.45) is 3.46. The number of nitrogens with zero attached hydrogens (tertiary/aromatic N) is 6. The van der Waals surface area contributed by atoms with Crippen LogP contribution in [0.5, 0.6) is 0 Å². The van der Waals surface area contributed by atoms with Crippen LogP contribution in [-0.2, 0) is 0 Å². The number of benzene rings is 1. The van der Waals surface area contributed by atoms with Crippen molar-refractivity contribution in [3.63, 3.8) is 0 Å². The van der Waals surface area contributed by atoms with E-state index in [9.17, 15) is 0 Å². The summed E-state index contributed by atoms with van der Waals surface area (Å²) in [6.45, 7) is 11.4. The van der Waals surface area contributed by atoms with Gasteiger partial charge in [0.2, 0.25) is 0 Å². The van der Waals surface area contributed by atoms with Crippen LogP contribution < -0.4 is 4.90 Å². The number of aromatic nitrogens is 3. The maximum absolute atomic E-state index is 5.36. The quantitative estimate of drug-likeness (QED) is 0.492. The number of oxazole rings is 1. The van der Waals surface area contributed by atoms with Crippen LogP contribution in [-0.4, -0.2) is 76.1 Å². The highest BCUT2D eigenvalue weighted by Gasteiger charge is 2.34. The monoisotopic (exact) mass is 428 g/mol. The lowest BCUT2D eigenvalue weighted by Crippen LogP contribution is -2.63. The van der Waals surface area contributed by atoms with Gasteiger partial charge in [0.25, 0.3) is 0 Å². The zero-order chi connectivity index (χ0) is 21.7. The molecule has 0 radical (unpaired) electrons. The first-order chi connectivity index (χ1) is 15.6. The van der Waals surface area contributed by atoms with Crippen molar-refractivity contribution in [2.75, 3.05) is 44.2 Å². The number of piperazine rings is 1. The topological polar surface area (TPSA) is 61.5 Å². The van der Waals surface area contributed by atoms with Crippen LogP contribution in [0.15, 0.2) is 53.4 Å². The first-order valence-electron chi connectivity index (χ1n) is 11.5. The zero-order valence-electron chi connectivity index (χ0n) is 18.6. The van der Waals surface area contributed by atoms with Crippen LogP contribution in [0.25, 0.3) is 33.4 Å². The van der Waals surface area contributed by atoms with Crippen LogP contribution >= 0.6 is 0 Å². The molecular weight excluding hydrogens is 400 g/mol. The minimum Gasteiger partial charge on any atom is -0.443 e. The molecule has 0 spiro atoms. The molecule has 1 aromatic carbocycles. The van der Waals surface area contributed by atoms with E-state index in [4.69, 9.17) is 9.40 Å². The molecule has 0 N–H and O–H groups in total. The fourth-order valence-corrected chi connectivity index (χ4v) is 4.86. The van der Waals surface area contributed by atoms with Gasteiger partial charge in [-0.25, -0.2) is 9.97 Å². The molecule has 0 atom stereocenters. The molecule has 7 nitrogen and oxygen atoms in total. The minimum atomic E-state index is 0.647. The smallest absolute Gasteiger partial charge is 0.181 e. The highest BCUT2D eigenvalue weighted by molar-refractivity contribution is 5.83. The Bertz CT molecular complexity index is 1250. The largest absolute Gasteiger partial charge is 0.443 e. The molecule has 3 aromatic heterocycles. The second-order valence-corrected chi connectivity index (χ2v) is 9.19. The molecule has 6 rings (SSSR count). The van der Waals surface area contributed by atoms with Gasteiger partial charge in [-0.05, 0) is 50.2 Å². The maximum Gasteiger partial charge on any atom is 0.181 e. The van der Waals surface area contributed by atoms with Crippen LogP contribution in [0.3, 0.4) is 0 Å². The van der Waals surface area contributed by atoms with E-state index in [1.54, 1.807) is 0 Å². The molecule has 0 aliphatic carbocycles. The maximum atomic E-state index is 5.36. The highest BCUT2D eigenvalue weighted by atomic mass is 16.3. The van der Waals surface area contributed by atoms with Crippen molar-refractivity contribution < 1.29 is 4.42 Å². The van der Waals surface area contributed by atoms with E-state index in [-0.39, 0.29) is 0 Å². The Hall–Kier alpha value is -3.03. The summed E-state index contributed by atoms with van der Waals surface area (Å²) < 4.78 is 5.36. The number of hydrogen-bond donors (Lipinski definition) is 0. The lowest BCUT2D eigenvalue weighted by atomic mass is 10.0. The van der Waals surface area contributed by atoms with Gasteiger partial charge in [0.15, 0.2) is 12.0 Å². The first-order valence-corrected chi connectivity index (χ1v) is 11.5. The van der Waals surface area contributed by atoms with E-state index in [0.717, 1.165) is 52.2 Å². The van der Waals surface area contributed by atoms with Gasteiger partial charge in [-0.15, -0.1) is 0 Å². The third-order valence-electron chi connectivity index (χ3n) is 6.97. The SMILES string of the molecule is CC(C)N1CCN(C2CN(c3cnc4ccc(-c5ccc6ocnc6c5)nc4c3)C2)CC1. The molecule has 0 bridgehead atoms. The van der Waals surface area contributed by atoms with Gasteiger partial charge in [0, 0.05) is 56.9 Å². The molecular formula is C25H28N6O. The number of hydrogen-bond acceptors (Lipinski definition) is 7. The molecule has 2 aliphatic rings. The van der Waals surface area contributed by atoms with Gasteiger partial charge in [0.1, 0.15) is 5.52 Å². The Balaban J connectivity index is 1.17. The first kappa shape index (κ1) is 19.6. The van der Waals surface area contributed by atoms with Crippen molar-refractivity contribution in [3.05, 3.63) is 49.0 Å². The minimum absolute atomic E-state index is 0.647. The predicted octanol–water partition coefficient (Wildman–Crippen LogP) is 3.65. The molecule has 2 saturated heterocycles. The van der Waals surface area contributed by atoms with Gasteiger partial charge in [-0.2, -0.15) is 0 Å². The summed E-state index contributed by atoms with van der Waals surface area (Å²) >= 11 is 0. The highest BCUT2D eigenvalue weighted by Crippen LogP contribution is 2.28. The third-order valence-corrected chi connectivity index (χ3v) is 6.97. The van der Waals surface area contributed by atoms with Gasteiger partial charge in [-0.1, -0.05) is 0 Å². The summed E-state index contributed by atoms with van der Waals surface area (Å²) in [5.41, 5.74) is 6.59. The second kappa shape index (κ2) is 7.83. The predicted molar refractivity (Wildman–Crippen MR) is 127 cm³/mol. The van der Waals surface area contributed by atoms with Crippen LogP contribution in [0, 0.1) is 0 Å². The normalized spacial score (nSPS) is 18.7. The number of rotatable bonds is 4. The lowest BCUT2D eigenvalue weighted by molar-refractivity contribution is 0.0678. The molecule has 0 amide bonds. The summed E-state index contributed by atoms with van der Waals surface area (Å²) in [6, 6.07) is 13.5. The van der Waals surface area contributed by atoms with E-state index in [1.165, 1.54) is 32.6 Å². The Labute approximate surface area is 187 Å². The summed E-state index contributed by atoms with van der Waals surface area (Å²) in [5, 5.41) is 0. The summed E-state index contributed by atoms with van der Waals surface area (Å²) in [4.78, 5) is 21.5. The Morgan fingerprint density at radius 1 is 0.906 bits per heavy atom. The molecule has 32 heavy (non-hydrogen) atoms. The summed E-state index contributed by atoms with van der Waals surface area (Å²) in [7, 11) is 0. The number of pyridine rings is 2. The average molecular weight is 429 g/mol. The fraction of sp³-hybridized carbons (Fsp3) is 0.400. The van der Waals surface area contributed by atoms with Gasteiger partial charge in [0.05, 0.1) is 28.6 Å². The standard InChI is InChI=1S/C25H28N6O/c1-17(2)29-7-9-30(10-8-29)20-14-31(15-20)19-12-23-22(26-13-19)5-4-21(28-23)18-3-6-25-24(11-18)27-16-32-25/h3-6,11-13,16-17,20H,7-10,14-15H2,1-2H3. The molecule has 5 heterocycles. The van der Waals surface area contributed by atoms with Crippen molar-refractivity contribution in [2.24, 2.45) is 0 Å². The number of fused-ring (bicyclic) bond motifs is 2. The van der Waals surface area contributed by atoms with Crippen LogP contribution in [0.4, 0.5) is 5.69 Å². The van der Waals surface area contributed by atoms with E-state index < -0.39 is 0 Å². The van der Waals surface area contributed by atoms with E-state index >= 15 is 0 Å². The fourth-order valence-electron chi connectivity index (χ4n) is 4.86. The third kappa shape index (κ3) is 3.51. The molecule has 7 heteroatoms. The molecule has 2 fully saturated rings. The van der Waals surface area contributed by atoms with Gasteiger partial charge < -0.3 is 9.32 Å². The zero-order valence-corrected chi connectivity index (χ0v) is 18.6. The van der Waals surface area contributed by atoms with Crippen molar-refractivity contribution in [2.45, 2.75) is 25.9 Å². The van der Waals surface area contributed by atoms with E-state index in [0.29, 0.717) is 12.1 Å². The van der Waals surface area contributed by atoms with E-state index in [2.05, 4.69) is 44.6 Å².